The van der Waals surface area contributed by atoms with Crippen LogP contribution >= 0.6 is 11.3 Å². The van der Waals surface area contributed by atoms with Gasteiger partial charge in [-0.1, -0.05) is 38.1 Å². The van der Waals surface area contributed by atoms with Crippen molar-refractivity contribution in [2.24, 2.45) is 0 Å². The Kier molecular flexibility index (Phi) is 6.61. The normalized spacial score (nSPS) is 10.9. The first kappa shape index (κ1) is 21.7. The number of aryl methyl sites for hydroxylation is 1. The molecule has 0 atom stereocenters. The largest absolute Gasteiger partial charge is 0.483 e. The second-order valence-electron chi connectivity index (χ2n) is 7.89. The monoisotopic (exact) mass is 443 g/mol. The molecule has 6 heteroatoms. The summed E-state index contributed by atoms with van der Waals surface area (Å²) < 4.78 is 5.85. The van der Waals surface area contributed by atoms with Crippen molar-refractivity contribution in [3.05, 3.63) is 83.5 Å². The Balaban J connectivity index is 1.43. The molecule has 0 aliphatic carbocycles. The third kappa shape index (κ3) is 5.21. The summed E-state index contributed by atoms with van der Waals surface area (Å²) in [5.74, 6) is 0.877. The lowest BCUT2D eigenvalue weighted by Gasteiger charge is -2.15. The highest BCUT2D eigenvalue weighted by Crippen LogP contribution is 2.30. The second kappa shape index (κ2) is 9.75. The summed E-state index contributed by atoms with van der Waals surface area (Å²) in [6.07, 6.45) is 3.55. The zero-order valence-corrected chi connectivity index (χ0v) is 19.1. The van der Waals surface area contributed by atoms with E-state index in [0.717, 1.165) is 38.7 Å². The third-order valence-corrected chi connectivity index (χ3v) is 5.90. The Morgan fingerprint density at radius 2 is 1.94 bits per heavy atom. The minimum atomic E-state index is -0.201. The molecule has 4 rings (SSSR count). The molecule has 1 amide bonds. The number of nitrogens with one attached hydrogen (secondary N) is 1. The fraction of sp³-hybridized carbons (Fsp3) is 0.192. The van der Waals surface area contributed by atoms with Crippen molar-refractivity contribution in [1.82, 2.24) is 9.97 Å². The van der Waals surface area contributed by atoms with E-state index < -0.39 is 0 Å². The van der Waals surface area contributed by atoms with Gasteiger partial charge in [-0.15, -0.1) is 11.3 Å². The Bertz CT molecular complexity index is 1220. The molecule has 0 radical (unpaired) electrons. The zero-order valence-electron chi connectivity index (χ0n) is 18.3. The van der Waals surface area contributed by atoms with Crippen molar-refractivity contribution in [2.75, 3.05) is 11.9 Å². The predicted molar refractivity (Wildman–Crippen MR) is 130 cm³/mol. The van der Waals surface area contributed by atoms with Gasteiger partial charge in [-0.3, -0.25) is 9.78 Å². The van der Waals surface area contributed by atoms with Gasteiger partial charge >= 0.3 is 0 Å². The lowest BCUT2D eigenvalue weighted by molar-refractivity contribution is -0.118. The number of thiazole rings is 1. The van der Waals surface area contributed by atoms with Gasteiger partial charge in [-0.2, -0.15) is 0 Å². The van der Waals surface area contributed by atoms with Gasteiger partial charge in [0.1, 0.15) is 10.8 Å². The van der Waals surface area contributed by atoms with Gasteiger partial charge in [0.15, 0.2) is 6.61 Å². The van der Waals surface area contributed by atoms with E-state index in [9.17, 15) is 4.79 Å². The molecule has 4 aromatic rings. The summed E-state index contributed by atoms with van der Waals surface area (Å²) >= 11 is 1.57. The average molecular weight is 444 g/mol. The van der Waals surface area contributed by atoms with Crippen LogP contribution in [0.1, 0.15) is 30.9 Å². The van der Waals surface area contributed by atoms with Crippen molar-refractivity contribution >= 4 is 22.9 Å². The highest BCUT2D eigenvalue weighted by molar-refractivity contribution is 7.13. The summed E-state index contributed by atoms with van der Waals surface area (Å²) in [6.45, 7) is 6.19. The van der Waals surface area contributed by atoms with Crippen LogP contribution in [0.2, 0.25) is 0 Å². The highest BCUT2D eigenvalue weighted by atomic mass is 32.1. The molecular weight excluding hydrogens is 418 g/mol. The highest BCUT2D eigenvalue weighted by Gasteiger charge is 2.12. The van der Waals surface area contributed by atoms with Gasteiger partial charge in [-0.25, -0.2) is 4.98 Å². The SMILES string of the molecule is Cc1ccc(C(C)C)c(OCC(=O)Nc2cccc(-c3csc(-c4cccnc4)n3)c2)c1. The topological polar surface area (TPSA) is 64.1 Å². The van der Waals surface area contributed by atoms with Gasteiger partial charge in [-0.05, 0) is 54.3 Å². The van der Waals surface area contributed by atoms with E-state index in [2.05, 4.69) is 36.3 Å². The molecular formula is C26H25N3O2S. The number of amides is 1. The number of anilines is 1. The molecule has 32 heavy (non-hydrogen) atoms. The van der Waals surface area contributed by atoms with E-state index in [1.54, 1.807) is 23.7 Å². The second-order valence-corrected chi connectivity index (χ2v) is 8.75. The summed E-state index contributed by atoms with van der Waals surface area (Å²) in [5.41, 5.74) is 5.70. The number of pyridine rings is 1. The van der Waals surface area contributed by atoms with E-state index in [1.165, 1.54) is 0 Å². The average Bonchev–Trinajstić information content (AvgIpc) is 3.29. The van der Waals surface area contributed by atoms with E-state index in [0.29, 0.717) is 11.6 Å². The Morgan fingerprint density at radius 3 is 2.72 bits per heavy atom. The van der Waals surface area contributed by atoms with Crippen LogP contribution < -0.4 is 10.1 Å². The maximum atomic E-state index is 12.5. The number of hydrogen-bond donors (Lipinski definition) is 1. The van der Waals surface area contributed by atoms with Crippen molar-refractivity contribution < 1.29 is 9.53 Å². The Hall–Kier alpha value is -3.51. The van der Waals surface area contributed by atoms with E-state index >= 15 is 0 Å². The molecule has 0 aliphatic heterocycles. The minimum absolute atomic E-state index is 0.0464. The van der Waals surface area contributed by atoms with Gasteiger partial charge in [0, 0.05) is 34.6 Å². The first-order valence-electron chi connectivity index (χ1n) is 10.5. The fourth-order valence-corrected chi connectivity index (χ4v) is 4.19. The first-order chi connectivity index (χ1) is 15.5. The lowest BCUT2D eigenvalue weighted by Crippen LogP contribution is -2.20. The van der Waals surface area contributed by atoms with Crippen LogP contribution in [0.4, 0.5) is 5.69 Å². The van der Waals surface area contributed by atoms with Crippen LogP contribution in [0.15, 0.2) is 72.4 Å². The number of rotatable bonds is 7. The Labute approximate surface area is 192 Å². The number of carbonyl (C=O) groups is 1. The number of benzene rings is 2. The molecule has 0 fully saturated rings. The smallest absolute Gasteiger partial charge is 0.262 e. The molecule has 0 bridgehead atoms. The molecule has 2 aromatic heterocycles. The molecule has 0 aliphatic rings. The fourth-order valence-electron chi connectivity index (χ4n) is 3.37. The van der Waals surface area contributed by atoms with Gasteiger partial charge < -0.3 is 10.1 Å². The Morgan fingerprint density at radius 1 is 1.09 bits per heavy atom. The molecule has 0 saturated carbocycles. The van der Waals surface area contributed by atoms with E-state index in [4.69, 9.17) is 9.72 Å². The van der Waals surface area contributed by atoms with Gasteiger partial charge in [0.25, 0.3) is 5.91 Å². The maximum absolute atomic E-state index is 12.5. The zero-order chi connectivity index (χ0) is 22.5. The molecule has 162 valence electrons. The van der Waals surface area contributed by atoms with Crippen LogP contribution in [0.25, 0.3) is 21.8 Å². The molecule has 1 N–H and O–H groups in total. The summed E-state index contributed by atoms with van der Waals surface area (Å²) in [7, 11) is 0. The number of aromatic nitrogens is 2. The maximum Gasteiger partial charge on any atom is 0.262 e. The standard InChI is InChI=1S/C26H25N3O2S/c1-17(2)22-10-9-18(3)12-24(22)31-15-25(30)28-21-8-4-6-19(13-21)23-16-32-26(29-23)20-7-5-11-27-14-20/h4-14,16-17H,15H2,1-3H3,(H,28,30). The summed E-state index contributed by atoms with van der Waals surface area (Å²) in [4.78, 5) is 21.4. The lowest BCUT2D eigenvalue weighted by atomic mass is 10.0. The van der Waals surface area contributed by atoms with Crippen LogP contribution in [-0.4, -0.2) is 22.5 Å². The van der Waals surface area contributed by atoms with Gasteiger partial charge in [0.2, 0.25) is 0 Å². The van der Waals surface area contributed by atoms with Crippen LogP contribution in [0, 0.1) is 6.92 Å². The quantitative estimate of drug-likeness (QED) is 0.363. The van der Waals surface area contributed by atoms with Gasteiger partial charge in [0.05, 0.1) is 5.69 Å². The van der Waals surface area contributed by atoms with Crippen LogP contribution in [-0.2, 0) is 4.79 Å². The van der Waals surface area contributed by atoms with E-state index in [1.807, 2.05) is 54.8 Å². The van der Waals surface area contributed by atoms with Crippen molar-refractivity contribution in [2.45, 2.75) is 26.7 Å². The van der Waals surface area contributed by atoms with Crippen LogP contribution in [0.3, 0.4) is 0 Å². The summed E-state index contributed by atoms with van der Waals surface area (Å²) in [5, 5.41) is 5.85. The van der Waals surface area contributed by atoms with Crippen molar-refractivity contribution in [3.63, 3.8) is 0 Å². The van der Waals surface area contributed by atoms with Crippen molar-refractivity contribution in [1.29, 1.82) is 0 Å². The van der Waals surface area contributed by atoms with Crippen molar-refractivity contribution in [3.8, 4) is 27.6 Å². The molecule has 2 aromatic carbocycles. The number of hydrogen-bond acceptors (Lipinski definition) is 5. The third-order valence-electron chi connectivity index (χ3n) is 5.00. The predicted octanol–water partition coefficient (Wildman–Crippen LogP) is 6.32. The molecule has 0 unspecified atom stereocenters. The molecule has 2 heterocycles. The number of nitrogens with zero attached hydrogens (tertiary/aromatic N) is 2. The molecule has 0 spiro atoms. The minimum Gasteiger partial charge on any atom is -0.483 e. The van der Waals surface area contributed by atoms with Crippen LogP contribution in [0.5, 0.6) is 5.75 Å². The summed E-state index contributed by atoms with van der Waals surface area (Å²) in [6, 6.07) is 17.7. The molecule has 5 nitrogen and oxygen atoms in total. The molecule has 0 saturated heterocycles. The van der Waals surface area contributed by atoms with E-state index in [-0.39, 0.29) is 12.5 Å². The first-order valence-corrected chi connectivity index (χ1v) is 11.4. The number of carbonyl (C=O) groups excluding carboxylic acids is 1. The number of ether oxygens (including phenoxy) is 1.